The molecule has 25 heavy (non-hydrogen) atoms. The van der Waals surface area contributed by atoms with Gasteiger partial charge in [0.2, 0.25) is 0 Å². The second kappa shape index (κ2) is 7.02. The number of aromatic nitrogens is 2. The number of nitriles is 1. The highest BCUT2D eigenvalue weighted by Gasteiger charge is 2.38. The van der Waals surface area contributed by atoms with Crippen molar-refractivity contribution in [1.82, 2.24) is 14.9 Å². The summed E-state index contributed by atoms with van der Waals surface area (Å²) in [6.07, 6.45) is 2.92. The van der Waals surface area contributed by atoms with Gasteiger partial charge in [-0.25, -0.2) is 9.97 Å². The molecule has 1 aliphatic heterocycles. The Hall–Kier alpha value is -2.74. The molecule has 0 unspecified atom stereocenters. The largest absolute Gasteiger partial charge is 0.337 e. The Morgan fingerprint density at radius 3 is 2.48 bits per heavy atom. The predicted octanol–water partition coefficient (Wildman–Crippen LogP) is 3.30. The van der Waals surface area contributed by atoms with E-state index in [-0.39, 0.29) is 11.8 Å². The first-order valence-corrected chi connectivity index (χ1v) is 8.65. The van der Waals surface area contributed by atoms with Crippen LogP contribution in [0, 0.1) is 11.3 Å². The minimum Gasteiger partial charge on any atom is -0.337 e. The zero-order valence-electron chi connectivity index (χ0n) is 14.6. The highest BCUT2D eigenvalue weighted by Crippen LogP contribution is 2.35. The Kier molecular flexibility index (Phi) is 4.80. The maximum Gasteiger partial charge on any atom is 0.272 e. The topological polar surface area (TPSA) is 69.9 Å². The molecular formula is C20H22N4O. The van der Waals surface area contributed by atoms with Gasteiger partial charge in [-0.2, -0.15) is 5.26 Å². The van der Waals surface area contributed by atoms with Gasteiger partial charge in [-0.1, -0.05) is 44.2 Å². The van der Waals surface area contributed by atoms with E-state index >= 15 is 0 Å². The van der Waals surface area contributed by atoms with Crippen LogP contribution in [-0.4, -0.2) is 33.9 Å². The number of piperidine rings is 1. The van der Waals surface area contributed by atoms with E-state index in [9.17, 15) is 10.1 Å². The van der Waals surface area contributed by atoms with Crippen molar-refractivity contribution in [1.29, 1.82) is 5.26 Å². The van der Waals surface area contributed by atoms with Crippen molar-refractivity contribution in [3.63, 3.8) is 0 Å². The van der Waals surface area contributed by atoms with E-state index in [2.05, 4.69) is 16.0 Å². The number of rotatable bonds is 3. The van der Waals surface area contributed by atoms with Gasteiger partial charge in [0, 0.05) is 25.2 Å². The fourth-order valence-electron chi connectivity index (χ4n) is 3.25. The SMILES string of the molecule is CC(C)c1nccc(C(=O)N2CCC(C#N)(c3ccccc3)CC2)n1. The minimum atomic E-state index is -0.507. The third-order valence-corrected chi connectivity index (χ3v) is 4.85. The highest BCUT2D eigenvalue weighted by molar-refractivity contribution is 5.92. The molecule has 1 aliphatic rings. The molecule has 1 aromatic carbocycles. The molecular weight excluding hydrogens is 312 g/mol. The van der Waals surface area contributed by atoms with E-state index in [1.807, 2.05) is 44.2 Å². The Morgan fingerprint density at radius 1 is 1.20 bits per heavy atom. The number of likely N-dealkylation sites (tertiary alicyclic amines) is 1. The lowest BCUT2D eigenvalue weighted by Crippen LogP contribution is -2.44. The van der Waals surface area contributed by atoms with Crippen LogP contribution in [0.15, 0.2) is 42.6 Å². The first-order valence-electron chi connectivity index (χ1n) is 8.65. The smallest absolute Gasteiger partial charge is 0.272 e. The fraction of sp³-hybridized carbons (Fsp3) is 0.400. The van der Waals surface area contributed by atoms with Gasteiger partial charge in [0.1, 0.15) is 11.5 Å². The lowest BCUT2D eigenvalue weighted by Gasteiger charge is -2.37. The normalized spacial score (nSPS) is 16.5. The average molecular weight is 334 g/mol. The van der Waals surface area contributed by atoms with Crippen LogP contribution in [-0.2, 0) is 5.41 Å². The summed E-state index contributed by atoms with van der Waals surface area (Å²) in [4.78, 5) is 23.2. The van der Waals surface area contributed by atoms with E-state index in [4.69, 9.17) is 0 Å². The van der Waals surface area contributed by atoms with Gasteiger partial charge in [-0.15, -0.1) is 0 Å². The second-order valence-electron chi connectivity index (χ2n) is 6.81. The number of carbonyl (C=O) groups excluding carboxylic acids is 1. The zero-order chi connectivity index (χ0) is 17.9. The van der Waals surface area contributed by atoms with E-state index in [1.165, 1.54) is 0 Å². The van der Waals surface area contributed by atoms with Crippen molar-refractivity contribution in [2.45, 2.75) is 38.0 Å². The molecule has 128 valence electrons. The summed E-state index contributed by atoms with van der Waals surface area (Å²) >= 11 is 0. The maximum absolute atomic E-state index is 12.8. The van der Waals surface area contributed by atoms with Gasteiger partial charge in [-0.3, -0.25) is 4.79 Å². The van der Waals surface area contributed by atoms with Gasteiger partial charge in [0.15, 0.2) is 0 Å². The van der Waals surface area contributed by atoms with E-state index in [0.29, 0.717) is 37.4 Å². The monoisotopic (exact) mass is 334 g/mol. The summed E-state index contributed by atoms with van der Waals surface area (Å²) in [5.74, 6) is 0.779. The predicted molar refractivity (Wildman–Crippen MR) is 95.0 cm³/mol. The van der Waals surface area contributed by atoms with Crippen molar-refractivity contribution in [3.05, 3.63) is 59.7 Å². The van der Waals surface area contributed by atoms with Crippen molar-refractivity contribution in [2.75, 3.05) is 13.1 Å². The van der Waals surface area contributed by atoms with Crippen LogP contribution >= 0.6 is 0 Å². The molecule has 1 fully saturated rings. The zero-order valence-corrected chi connectivity index (χ0v) is 14.6. The molecule has 5 heteroatoms. The molecule has 0 atom stereocenters. The van der Waals surface area contributed by atoms with Gasteiger partial charge >= 0.3 is 0 Å². The van der Waals surface area contributed by atoms with Gasteiger partial charge in [0.25, 0.3) is 5.91 Å². The summed E-state index contributed by atoms with van der Waals surface area (Å²) in [7, 11) is 0. The first kappa shape index (κ1) is 17.1. The van der Waals surface area contributed by atoms with E-state index in [0.717, 1.165) is 5.56 Å². The molecule has 1 saturated heterocycles. The number of benzene rings is 1. The quantitative estimate of drug-likeness (QED) is 0.863. The lowest BCUT2D eigenvalue weighted by molar-refractivity contribution is 0.0685. The Morgan fingerprint density at radius 2 is 1.88 bits per heavy atom. The van der Waals surface area contributed by atoms with Crippen LogP contribution in [0.25, 0.3) is 0 Å². The summed E-state index contributed by atoms with van der Waals surface area (Å²) in [5, 5.41) is 9.76. The molecule has 5 nitrogen and oxygen atoms in total. The van der Waals surface area contributed by atoms with E-state index < -0.39 is 5.41 Å². The highest BCUT2D eigenvalue weighted by atomic mass is 16.2. The summed E-state index contributed by atoms with van der Waals surface area (Å²) in [6.45, 7) is 5.13. The number of hydrogen-bond donors (Lipinski definition) is 0. The Bertz CT molecular complexity index is 787. The minimum absolute atomic E-state index is 0.0797. The van der Waals surface area contributed by atoms with Crippen molar-refractivity contribution >= 4 is 5.91 Å². The summed E-state index contributed by atoms with van der Waals surface area (Å²) in [6, 6.07) is 14.0. The number of amides is 1. The molecule has 2 aromatic rings. The van der Waals surface area contributed by atoms with Crippen LogP contribution in [0.3, 0.4) is 0 Å². The van der Waals surface area contributed by atoms with E-state index in [1.54, 1.807) is 17.2 Å². The summed E-state index contributed by atoms with van der Waals surface area (Å²) in [5.41, 5.74) is 0.962. The van der Waals surface area contributed by atoms with Gasteiger partial charge in [-0.05, 0) is 24.5 Å². The second-order valence-corrected chi connectivity index (χ2v) is 6.81. The molecule has 1 aromatic heterocycles. The number of carbonyl (C=O) groups is 1. The third kappa shape index (κ3) is 3.39. The Balaban J connectivity index is 1.75. The molecule has 1 amide bonds. The molecule has 0 radical (unpaired) electrons. The maximum atomic E-state index is 12.8. The molecule has 0 aliphatic carbocycles. The van der Waals surface area contributed by atoms with Crippen LogP contribution < -0.4 is 0 Å². The van der Waals surface area contributed by atoms with Gasteiger partial charge < -0.3 is 4.90 Å². The van der Waals surface area contributed by atoms with Crippen LogP contribution in [0.1, 0.15) is 54.5 Å². The van der Waals surface area contributed by atoms with Crippen LogP contribution in [0.2, 0.25) is 0 Å². The molecule has 2 heterocycles. The van der Waals surface area contributed by atoms with Crippen molar-refractivity contribution in [2.24, 2.45) is 0 Å². The lowest BCUT2D eigenvalue weighted by atomic mass is 9.74. The number of hydrogen-bond acceptors (Lipinski definition) is 4. The Labute approximate surface area is 148 Å². The van der Waals surface area contributed by atoms with Crippen LogP contribution in [0.5, 0.6) is 0 Å². The van der Waals surface area contributed by atoms with Crippen molar-refractivity contribution in [3.8, 4) is 6.07 Å². The fourth-order valence-corrected chi connectivity index (χ4v) is 3.25. The number of nitrogens with zero attached hydrogens (tertiary/aromatic N) is 4. The molecule has 0 saturated carbocycles. The molecule has 3 rings (SSSR count). The first-order chi connectivity index (χ1) is 12.1. The van der Waals surface area contributed by atoms with Crippen LogP contribution in [0.4, 0.5) is 0 Å². The molecule has 0 N–H and O–H groups in total. The molecule has 0 spiro atoms. The third-order valence-electron chi connectivity index (χ3n) is 4.85. The molecule has 0 bridgehead atoms. The average Bonchev–Trinajstić information content (AvgIpc) is 2.68. The summed E-state index contributed by atoms with van der Waals surface area (Å²) < 4.78 is 0. The van der Waals surface area contributed by atoms with Crippen molar-refractivity contribution < 1.29 is 4.79 Å². The van der Waals surface area contributed by atoms with Gasteiger partial charge in [0.05, 0.1) is 11.5 Å². The standard InChI is InChI=1S/C20H22N4O/c1-15(2)18-22-11-8-17(23-18)19(25)24-12-9-20(14-21,10-13-24)16-6-4-3-5-7-16/h3-8,11,15H,9-10,12-13H2,1-2H3.